The molecule has 4 amide bonds. The largest absolute Gasteiger partial charge is 0.464 e. The van der Waals surface area contributed by atoms with Gasteiger partial charge in [-0.3, -0.25) is 34.0 Å². The van der Waals surface area contributed by atoms with E-state index in [1.807, 2.05) is 25.1 Å². The molecule has 4 aliphatic heterocycles. The molecule has 15 nitrogen and oxygen atoms in total. The number of hydrogen-bond donors (Lipinski definition) is 2. The Hall–Kier alpha value is -4.15. The summed E-state index contributed by atoms with van der Waals surface area (Å²) in [4.78, 5) is 77.5. The van der Waals surface area contributed by atoms with Crippen molar-refractivity contribution < 1.29 is 38.2 Å². The van der Waals surface area contributed by atoms with E-state index >= 15 is 0 Å². The number of amides is 4. The Balaban J connectivity index is 0.00000266. The molecule has 0 unspecified atom stereocenters. The van der Waals surface area contributed by atoms with Gasteiger partial charge >= 0.3 is 5.97 Å². The molecule has 2 N–H and O–H groups in total. The number of likely N-dealkylation sites (tertiary alicyclic amines) is 1. The van der Waals surface area contributed by atoms with Gasteiger partial charge in [-0.1, -0.05) is 50.8 Å². The normalized spacial score (nSPS) is 20.6. The van der Waals surface area contributed by atoms with E-state index in [2.05, 4.69) is 79.1 Å². The lowest BCUT2D eigenvalue weighted by molar-refractivity contribution is -0.156. The molecule has 3 fully saturated rings. The predicted molar refractivity (Wildman–Crippen MR) is 301 cm³/mol. The van der Waals surface area contributed by atoms with E-state index in [-0.39, 0.29) is 124 Å². The average molecular weight is 1070 g/mol. The highest BCUT2D eigenvalue weighted by Gasteiger charge is 2.44. The van der Waals surface area contributed by atoms with Crippen LogP contribution in [-0.4, -0.2) is 126 Å². The van der Waals surface area contributed by atoms with E-state index < -0.39 is 47.2 Å². The SMILES string of the molecule is C=CC(=O)N1CC[C@H](C(=O)N(C)[C@H](C(=O)N[C@H]2Cc3cccc(c3)-c3ccc4c(c3)c(c(-c3cccnc3[C@H](C)OC)n4CC)CC(C)(C)COC(=O)[C@@H]3CCCN(N3)C2=O)C2COC2)C1.S.S.S.S.S. The molecule has 0 spiro atoms. The number of fused-ring (bicyclic) bond motifs is 6. The molecular weight excluding hydrogens is 999 g/mol. The molecular formula is C51H73N7O8S5. The van der Waals surface area contributed by atoms with Crippen molar-refractivity contribution in [3.05, 3.63) is 90.3 Å². The lowest BCUT2D eigenvalue weighted by atomic mass is 9.84. The number of hydrazine groups is 1. The number of pyridine rings is 1. The van der Waals surface area contributed by atoms with Crippen LogP contribution in [0.5, 0.6) is 0 Å². The number of benzene rings is 2. The van der Waals surface area contributed by atoms with Gasteiger partial charge in [-0.25, -0.2) is 5.43 Å². The Morgan fingerprint density at radius 3 is 2.42 bits per heavy atom. The Bertz CT molecular complexity index is 2540. The Morgan fingerprint density at radius 2 is 1.75 bits per heavy atom. The Morgan fingerprint density at radius 1 is 1.01 bits per heavy atom. The topological polar surface area (TPSA) is 165 Å². The van der Waals surface area contributed by atoms with E-state index in [1.54, 1.807) is 25.3 Å². The minimum absolute atomic E-state index is 0. The van der Waals surface area contributed by atoms with Crippen LogP contribution in [0.25, 0.3) is 33.3 Å². The van der Waals surface area contributed by atoms with Crippen LogP contribution in [0.1, 0.15) is 69.9 Å². The fraction of sp³-hybridized carbons (Fsp3) is 0.490. The van der Waals surface area contributed by atoms with E-state index in [1.165, 1.54) is 16.0 Å². The molecule has 2 aromatic heterocycles. The molecule has 0 radical (unpaired) electrons. The first-order chi connectivity index (χ1) is 31.7. The smallest absolute Gasteiger partial charge is 0.324 e. The summed E-state index contributed by atoms with van der Waals surface area (Å²) < 4.78 is 19.8. The zero-order valence-corrected chi connectivity index (χ0v) is 46.5. The summed E-state index contributed by atoms with van der Waals surface area (Å²) in [7, 11) is 3.30. The van der Waals surface area contributed by atoms with Gasteiger partial charge in [-0.15, -0.1) is 0 Å². The second kappa shape index (κ2) is 26.2. The molecule has 0 saturated carbocycles. The second-order valence-corrected chi connectivity index (χ2v) is 19.0. The fourth-order valence-corrected chi connectivity index (χ4v) is 10.1. The summed E-state index contributed by atoms with van der Waals surface area (Å²) >= 11 is 0. The lowest BCUT2D eigenvalue weighted by Gasteiger charge is -2.40. The van der Waals surface area contributed by atoms with Crippen molar-refractivity contribution in [1.82, 2.24) is 35.1 Å². The maximum atomic E-state index is 14.7. The van der Waals surface area contributed by atoms with Gasteiger partial charge in [0, 0.05) is 80.8 Å². The van der Waals surface area contributed by atoms with Crippen molar-refractivity contribution in [2.75, 3.05) is 53.6 Å². The van der Waals surface area contributed by atoms with Crippen molar-refractivity contribution >= 4 is 108 Å². The molecule has 6 heterocycles. The Labute approximate surface area is 452 Å². The number of aromatic nitrogens is 2. The van der Waals surface area contributed by atoms with E-state index in [9.17, 15) is 24.0 Å². The highest BCUT2D eigenvalue weighted by atomic mass is 32.1. The van der Waals surface area contributed by atoms with E-state index in [0.717, 1.165) is 50.1 Å². The number of nitrogens with zero attached hydrogens (tertiary/aromatic N) is 5. The van der Waals surface area contributed by atoms with Gasteiger partial charge < -0.3 is 33.9 Å². The minimum Gasteiger partial charge on any atom is -0.464 e. The van der Waals surface area contributed by atoms with Crippen molar-refractivity contribution in [2.24, 2.45) is 17.3 Å². The van der Waals surface area contributed by atoms with Crippen LogP contribution in [0.15, 0.2) is 73.4 Å². The van der Waals surface area contributed by atoms with E-state index in [0.29, 0.717) is 45.3 Å². The first kappa shape index (κ1) is 61.2. The van der Waals surface area contributed by atoms with Crippen molar-refractivity contribution in [2.45, 2.75) is 90.6 Å². The quantitative estimate of drug-likeness (QED) is 0.146. The summed E-state index contributed by atoms with van der Waals surface area (Å²) in [5, 5.41) is 5.58. The van der Waals surface area contributed by atoms with Gasteiger partial charge in [0.25, 0.3) is 5.91 Å². The van der Waals surface area contributed by atoms with Gasteiger partial charge in [-0.2, -0.15) is 67.5 Å². The maximum absolute atomic E-state index is 14.7. The number of hydrogen-bond acceptors (Lipinski definition) is 10. The van der Waals surface area contributed by atoms with Crippen LogP contribution in [0.2, 0.25) is 0 Å². The maximum Gasteiger partial charge on any atom is 0.324 e. The first-order valence-corrected chi connectivity index (χ1v) is 23.2. The molecule has 6 bridgehead atoms. The summed E-state index contributed by atoms with van der Waals surface area (Å²) in [6, 6.07) is 15.8. The third-order valence-electron chi connectivity index (χ3n) is 13.8. The third kappa shape index (κ3) is 13.0. The monoisotopic (exact) mass is 1070 g/mol. The molecule has 8 rings (SSSR count). The van der Waals surface area contributed by atoms with Crippen molar-refractivity contribution in [3.63, 3.8) is 0 Å². The zero-order valence-electron chi connectivity index (χ0n) is 41.5. The van der Waals surface area contributed by atoms with Crippen LogP contribution in [0.4, 0.5) is 0 Å². The molecule has 4 aliphatic rings. The van der Waals surface area contributed by atoms with Crippen LogP contribution < -0.4 is 10.7 Å². The summed E-state index contributed by atoms with van der Waals surface area (Å²) in [5.41, 5.74) is 10.4. The Kier molecular flexibility index (Phi) is 22.5. The standard InChI is InChI=1S/C51H63N7O8.5H2S/c1-8-43(59)56-22-19-35(27-56)48(61)55(6)45(36-28-65-29-36)47(60)53-41-24-32-13-10-14-33(23-32)34-17-18-42-38(25-34)39(46(57(42)9-2)37-15-11-20-52-44(37)31(3)64-7)26-51(4,5)30-66-50(63)40-16-12-21-58(54-40)49(41)62;;;;;/h8,10-11,13-15,17-18,20,23,25,31,35-36,40-41,45,54H,1,9,12,16,19,21-22,24,26-30H2,2-7H3,(H,53,60);5*1H2/t31-,35-,40-,41-,45-;;;;;/m0...../s1. The van der Waals surface area contributed by atoms with Gasteiger partial charge in [0.2, 0.25) is 17.7 Å². The van der Waals surface area contributed by atoms with Gasteiger partial charge in [-0.05, 0) is 92.1 Å². The first-order valence-electron chi connectivity index (χ1n) is 23.2. The fourth-order valence-electron chi connectivity index (χ4n) is 10.1. The molecule has 2 aromatic carbocycles. The van der Waals surface area contributed by atoms with Crippen LogP contribution in [-0.2, 0) is 57.6 Å². The third-order valence-corrected chi connectivity index (χ3v) is 13.8. The predicted octanol–water partition coefficient (Wildman–Crippen LogP) is 5.82. The van der Waals surface area contributed by atoms with Crippen LogP contribution >= 0.6 is 67.5 Å². The number of nitrogens with one attached hydrogen (secondary N) is 2. The molecule has 3 saturated heterocycles. The minimum atomic E-state index is -1.06. The van der Waals surface area contributed by atoms with Gasteiger partial charge in [0.05, 0.1) is 43.2 Å². The van der Waals surface area contributed by atoms with Crippen molar-refractivity contribution in [1.29, 1.82) is 0 Å². The number of ether oxygens (including phenoxy) is 3. The summed E-state index contributed by atoms with van der Waals surface area (Å²) in [5.74, 6) is -2.61. The summed E-state index contributed by atoms with van der Waals surface area (Å²) in [6.45, 7) is 14.3. The average Bonchev–Trinajstić information content (AvgIpc) is 3.93. The number of cyclic esters (lactones) is 1. The number of esters is 1. The summed E-state index contributed by atoms with van der Waals surface area (Å²) in [6.07, 6.45) is 4.98. The molecule has 390 valence electrons. The van der Waals surface area contributed by atoms with Gasteiger partial charge in [0.15, 0.2) is 0 Å². The second-order valence-electron chi connectivity index (χ2n) is 19.0. The highest BCUT2D eigenvalue weighted by Crippen LogP contribution is 2.42. The molecule has 5 atom stereocenters. The molecule has 4 aromatic rings. The van der Waals surface area contributed by atoms with Crippen LogP contribution in [0.3, 0.4) is 0 Å². The number of likely N-dealkylation sites (N-methyl/N-ethyl adjacent to an activating group) is 1. The number of carbonyl (C=O) groups excluding carboxylic acids is 5. The van der Waals surface area contributed by atoms with Gasteiger partial charge in [0.1, 0.15) is 18.1 Å². The molecule has 0 aliphatic carbocycles. The van der Waals surface area contributed by atoms with Crippen molar-refractivity contribution in [3.8, 4) is 22.4 Å². The number of methoxy groups -OCH3 is 1. The van der Waals surface area contributed by atoms with Crippen LogP contribution in [0, 0.1) is 17.3 Å². The highest BCUT2D eigenvalue weighted by molar-refractivity contribution is 7.60. The zero-order chi connectivity index (χ0) is 46.9. The van der Waals surface area contributed by atoms with E-state index in [4.69, 9.17) is 19.2 Å². The molecule has 71 heavy (non-hydrogen) atoms. The number of rotatable bonds is 10. The lowest BCUT2D eigenvalue weighted by Crippen LogP contribution is -2.63. The molecule has 20 heteroatoms. The number of aryl methyl sites for hydroxylation is 1. The number of carbonyl (C=O) groups is 5.